The van der Waals surface area contributed by atoms with E-state index in [-0.39, 0.29) is 0 Å². The normalized spacial score (nSPS) is 16.7. The van der Waals surface area contributed by atoms with Crippen LogP contribution in [0.25, 0.3) is 0 Å². The smallest absolute Gasteiger partial charge is 0.166 e. The zero-order valence-corrected chi connectivity index (χ0v) is 12.6. The van der Waals surface area contributed by atoms with Gasteiger partial charge in [-0.05, 0) is 37.5 Å². The molecule has 0 aromatic heterocycles. The number of aryl methyl sites for hydroxylation is 1. The number of hydrogen-bond acceptors (Lipinski definition) is 1. The Bertz CT molecular complexity index is 392. The lowest BCUT2D eigenvalue weighted by atomic mass is 10.1. The Hall–Kier alpha value is -1.09. The van der Waals surface area contributed by atoms with E-state index in [4.69, 9.17) is 12.2 Å². The first kappa shape index (κ1) is 14.3. The van der Waals surface area contributed by atoms with Crippen LogP contribution in [0.2, 0.25) is 0 Å². The maximum Gasteiger partial charge on any atom is 0.166 e. The highest BCUT2D eigenvalue weighted by molar-refractivity contribution is 7.80. The quantitative estimate of drug-likeness (QED) is 0.650. The van der Waals surface area contributed by atoms with Crippen LogP contribution in [0.4, 0.5) is 0 Å². The Labute approximate surface area is 122 Å². The van der Waals surface area contributed by atoms with Crippen molar-refractivity contribution in [1.29, 1.82) is 0 Å². The van der Waals surface area contributed by atoms with Gasteiger partial charge in [0.2, 0.25) is 0 Å². The van der Waals surface area contributed by atoms with Crippen LogP contribution in [-0.2, 0) is 6.54 Å². The second-order valence-corrected chi connectivity index (χ2v) is 5.91. The van der Waals surface area contributed by atoms with Crippen molar-refractivity contribution in [3.05, 3.63) is 35.4 Å². The Morgan fingerprint density at radius 3 is 2.37 bits per heavy atom. The van der Waals surface area contributed by atoms with Crippen molar-refractivity contribution in [2.75, 3.05) is 0 Å². The monoisotopic (exact) mass is 276 g/mol. The molecule has 0 heterocycles. The zero-order chi connectivity index (χ0) is 13.5. The fraction of sp³-hybridized carbons (Fsp3) is 0.562. The fourth-order valence-corrected chi connectivity index (χ4v) is 2.79. The Morgan fingerprint density at radius 1 is 1.11 bits per heavy atom. The van der Waals surface area contributed by atoms with Gasteiger partial charge in [0.25, 0.3) is 0 Å². The van der Waals surface area contributed by atoms with Crippen LogP contribution in [0.1, 0.15) is 49.7 Å². The van der Waals surface area contributed by atoms with Gasteiger partial charge < -0.3 is 10.6 Å². The summed E-state index contributed by atoms with van der Waals surface area (Å²) in [6.07, 6.45) is 7.93. The maximum absolute atomic E-state index is 5.38. The molecule has 1 aliphatic rings. The van der Waals surface area contributed by atoms with Crippen LogP contribution in [0.15, 0.2) is 24.3 Å². The van der Waals surface area contributed by atoms with Crippen LogP contribution in [0.3, 0.4) is 0 Å². The first-order valence-electron chi connectivity index (χ1n) is 7.34. The summed E-state index contributed by atoms with van der Waals surface area (Å²) in [6, 6.07) is 9.14. The van der Waals surface area contributed by atoms with Gasteiger partial charge in [0.05, 0.1) is 0 Å². The van der Waals surface area contributed by atoms with Crippen molar-refractivity contribution in [2.24, 2.45) is 0 Å². The first-order valence-corrected chi connectivity index (χ1v) is 7.75. The van der Waals surface area contributed by atoms with Gasteiger partial charge in [-0.15, -0.1) is 0 Å². The maximum atomic E-state index is 5.38. The van der Waals surface area contributed by atoms with Crippen LogP contribution >= 0.6 is 12.2 Å². The van der Waals surface area contributed by atoms with Gasteiger partial charge in [-0.25, -0.2) is 0 Å². The van der Waals surface area contributed by atoms with E-state index in [9.17, 15) is 0 Å². The number of hydrogen-bond donors (Lipinski definition) is 2. The molecule has 2 nitrogen and oxygen atoms in total. The summed E-state index contributed by atoms with van der Waals surface area (Å²) in [4.78, 5) is 0. The molecule has 104 valence electrons. The summed E-state index contributed by atoms with van der Waals surface area (Å²) >= 11 is 5.38. The lowest BCUT2D eigenvalue weighted by molar-refractivity contribution is 0.528. The van der Waals surface area contributed by atoms with Crippen LogP contribution in [0.5, 0.6) is 0 Å². The molecule has 1 aliphatic carbocycles. The molecule has 0 radical (unpaired) electrons. The van der Waals surface area contributed by atoms with E-state index in [1.54, 1.807) is 0 Å². The highest BCUT2D eigenvalue weighted by Crippen LogP contribution is 2.17. The molecule has 0 saturated heterocycles. The molecular weight excluding hydrogens is 252 g/mol. The third-order valence-electron chi connectivity index (χ3n) is 3.76. The largest absolute Gasteiger partial charge is 0.360 e. The predicted octanol–water partition coefficient (Wildman–Crippen LogP) is 3.68. The van der Waals surface area contributed by atoms with E-state index in [2.05, 4.69) is 41.8 Å². The van der Waals surface area contributed by atoms with Gasteiger partial charge in [-0.3, -0.25) is 0 Å². The van der Waals surface area contributed by atoms with Crippen LogP contribution in [-0.4, -0.2) is 11.2 Å². The second-order valence-electron chi connectivity index (χ2n) is 5.50. The summed E-state index contributed by atoms with van der Waals surface area (Å²) in [6.45, 7) is 2.91. The van der Waals surface area contributed by atoms with Gasteiger partial charge in [0.1, 0.15) is 0 Å². The average molecular weight is 276 g/mol. The van der Waals surface area contributed by atoms with Crippen molar-refractivity contribution < 1.29 is 0 Å². The number of nitrogens with one attached hydrogen (secondary N) is 2. The SMILES string of the molecule is Cc1ccc(CNC(=S)NC2CCCCCC2)cc1. The molecule has 0 aliphatic heterocycles. The standard InChI is InChI=1S/C16H24N2S/c1-13-8-10-14(11-9-13)12-17-16(19)18-15-6-4-2-3-5-7-15/h8-11,15H,2-7,12H2,1H3,(H2,17,18,19). The van der Waals surface area contributed by atoms with Crippen molar-refractivity contribution in [3.63, 3.8) is 0 Å². The van der Waals surface area contributed by atoms with E-state index in [1.807, 2.05) is 0 Å². The first-order chi connectivity index (χ1) is 9.24. The summed E-state index contributed by atoms with van der Waals surface area (Å²) in [5, 5.41) is 7.57. The molecule has 0 amide bonds. The molecule has 0 unspecified atom stereocenters. The molecule has 0 atom stereocenters. The topological polar surface area (TPSA) is 24.1 Å². The molecular formula is C16H24N2S. The van der Waals surface area contributed by atoms with E-state index < -0.39 is 0 Å². The van der Waals surface area contributed by atoms with E-state index in [1.165, 1.54) is 49.7 Å². The molecule has 2 N–H and O–H groups in total. The number of thiocarbonyl (C=S) groups is 1. The van der Waals surface area contributed by atoms with Gasteiger partial charge >= 0.3 is 0 Å². The third-order valence-corrected chi connectivity index (χ3v) is 4.03. The van der Waals surface area contributed by atoms with Crippen molar-refractivity contribution in [1.82, 2.24) is 10.6 Å². The molecule has 0 bridgehead atoms. The van der Waals surface area contributed by atoms with Crippen LogP contribution < -0.4 is 10.6 Å². The van der Waals surface area contributed by atoms with Crippen molar-refractivity contribution in [2.45, 2.75) is 58.0 Å². The summed E-state index contributed by atoms with van der Waals surface area (Å²) < 4.78 is 0. The molecule has 19 heavy (non-hydrogen) atoms. The van der Waals surface area contributed by atoms with E-state index in [0.717, 1.165) is 11.7 Å². The summed E-state index contributed by atoms with van der Waals surface area (Å²) in [7, 11) is 0. The molecule has 3 heteroatoms. The van der Waals surface area contributed by atoms with Crippen molar-refractivity contribution in [3.8, 4) is 0 Å². The number of benzene rings is 1. The summed E-state index contributed by atoms with van der Waals surface area (Å²) in [5.41, 5.74) is 2.57. The average Bonchev–Trinajstić information content (AvgIpc) is 2.67. The molecule has 1 aromatic carbocycles. The fourth-order valence-electron chi connectivity index (χ4n) is 2.55. The van der Waals surface area contributed by atoms with Gasteiger partial charge in [0, 0.05) is 12.6 Å². The molecule has 1 aromatic rings. The minimum absolute atomic E-state index is 0.570. The Kier molecular flexibility index (Phi) is 5.64. The number of rotatable bonds is 3. The van der Waals surface area contributed by atoms with E-state index >= 15 is 0 Å². The third kappa shape index (κ3) is 5.19. The van der Waals surface area contributed by atoms with E-state index in [0.29, 0.717) is 6.04 Å². The molecule has 1 fully saturated rings. The lowest BCUT2D eigenvalue weighted by Crippen LogP contribution is -2.41. The molecule has 0 spiro atoms. The highest BCUT2D eigenvalue weighted by atomic mass is 32.1. The highest BCUT2D eigenvalue weighted by Gasteiger charge is 2.12. The minimum atomic E-state index is 0.570. The Balaban J connectivity index is 1.73. The van der Waals surface area contributed by atoms with Gasteiger partial charge in [-0.2, -0.15) is 0 Å². The van der Waals surface area contributed by atoms with Gasteiger partial charge in [0.15, 0.2) is 5.11 Å². The van der Waals surface area contributed by atoms with Crippen molar-refractivity contribution >= 4 is 17.3 Å². The second kappa shape index (κ2) is 7.49. The molecule has 2 rings (SSSR count). The summed E-state index contributed by atoms with van der Waals surface area (Å²) in [5.74, 6) is 0. The van der Waals surface area contributed by atoms with Crippen LogP contribution in [0, 0.1) is 6.92 Å². The van der Waals surface area contributed by atoms with Gasteiger partial charge in [-0.1, -0.05) is 55.5 Å². The lowest BCUT2D eigenvalue weighted by Gasteiger charge is -2.19. The minimum Gasteiger partial charge on any atom is -0.360 e. The Morgan fingerprint density at radius 2 is 1.74 bits per heavy atom. The zero-order valence-electron chi connectivity index (χ0n) is 11.7. The predicted molar refractivity (Wildman–Crippen MR) is 85.2 cm³/mol. The molecule has 1 saturated carbocycles.